The highest BCUT2D eigenvalue weighted by atomic mass is 16.4. The predicted molar refractivity (Wildman–Crippen MR) is 74.5 cm³/mol. The van der Waals surface area contributed by atoms with Crippen molar-refractivity contribution in [2.24, 2.45) is 0 Å². The number of hydrogen-bond donors (Lipinski definition) is 1. The van der Waals surface area contributed by atoms with Gasteiger partial charge in [-0.1, -0.05) is 24.3 Å². The number of carboxylic acids is 1. The summed E-state index contributed by atoms with van der Waals surface area (Å²) in [5, 5.41) is 17.4. The Balaban J connectivity index is 2.15. The van der Waals surface area contributed by atoms with Gasteiger partial charge in [-0.05, 0) is 30.2 Å². The van der Waals surface area contributed by atoms with Crippen molar-refractivity contribution < 1.29 is 9.90 Å². The number of nitrogens with zero attached hydrogens (tertiary/aromatic N) is 3. The van der Waals surface area contributed by atoms with Gasteiger partial charge >= 0.3 is 5.97 Å². The second-order valence-electron chi connectivity index (χ2n) is 4.63. The number of rotatable bonds is 3. The summed E-state index contributed by atoms with van der Waals surface area (Å²) in [6.45, 7) is 1.92. The van der Waals surface area contributed by atoms with Crippen LogP contribution in [0.25, 0.3) is 16.6 Å². The fourth-order valence-electron chi connectivity index (χ4n) is 2.37. The lowest BCUT2D eigenvalue weighted by molar-refractivity contribution is -0.136. The Bertz CT molecular complexity index is 793. The highest BCUT2D eigenvalue weighted by molar-refractivity contribution is 5.82. The van der Waals surface area contributed by atoms with Crippen LogP contribution in [-0.2, 0) is 11.2 Å². The molecular formula is C15H13N3O2. The van der Waals surface area contributed by atoms with Crippen LogP contribution in [0.2, 0.25) is 0 Å². The van der Waals surface area contributed by atoms with E-state index in [4.69, 9.17) is 5.11 Å². The average molecular weight is 267 g/mol. The SMILES string of the molecule is Cc1nn2ncccc2c1-c1cccc(CC(=O)O)c1. The van der Waals surface area contributed by atoms with Crippen molar-refractivity contribution >= 4 is 11.5 Å². The molecule has 3 rings (SSSR count). The van der Waals surface area contributed by atoms with E-state index < -0.39 is 5.97 Å². The maximum Gasteiger partial charge on any atom is 0.307 e. The van der Waals surface area contributed by atoms with E-state index in [-0.39, 0.29) is 6.42 Å². The lowest BCUT2D eigenvalue weighted by Crippen LogP contribution is -1.99. The van der Waals surface area contributed by atoms with Crippen molar-refractivity contribution in [1.82, 2.24) is 14.8 Å². The molecule has 0 radical (unpaired) electrons. The van der Waals surface area contributed by atoms with Gasteiger partial charge in [0.15, 0.2) is 0 Å². The molecule has 20 heavy (non-hydrogen) atoms. The first kappa shape index (κ1) is 12.3. The van der Waals surface area contributed by atoms with E-state index in [9.17, 15) is 4.79 Å². The Morgan fingerprint density at radius 1 is 1.30 bits per heavy atom. The van der Waals surface area contributed by atoms with Gasteiger partial charge in [0.2, 0.25) is 0 Å². The summed E-state index contributed by atoms with van der Waals surface area (Å²) < 4.78 is 1.59. The fourth-order valence-corrected chi connectivity index (χ4v) is 2.37. The summed E-state index contributed by atoms with van der Waals surface area (Å²) in [4.78, 5) is 10.8. The fraction of sp³-hybridized carbons (Fsp3) is 0.133. The molecule has 1 aromatic carbocycles. The number of carboxylic acid groups (broad SMARTS) is 1. The molecule has 0 saturated heterocycles. The van der Waals surface area contributed by atoms with Crippen LogP contribution in [0.5, 0.6) is 0 Å². The molecule has 0 aliphatic rings. The third-order valence-electron chi connectivity index (χ3n) is 3.17. The molecule has 0 aliphatic carbocycles. The van der Waals surface area contributed by atoms with E-state index in [1.165, 1.54) is 0 Å². The molecule has 0 unspecified atom stereocenters. The largest absolute Gasteiger partial charge is 0.481 e. The highest BCUT2D eigenvalue weighted by Crippen LogP contribution is 2.28. The smallest absolute Gasteiger partial charge is 0.307 e. The number of aryl methyl sites for hydroxylation is 1. The molecule has 5 heteroatoms. The lowest BCUT2D eigenvalue weighted by atomic mass is 10.0. The summed E-state index contributed by atoms with van der Waals surface area (Å²) in [5.74, 6) is -0.833. The molecule has 5 nitrogen and oxygen atoms in total. The topological polar surface area (TPSA) is 67.5 Å². The maximum absolute atomic E-state index is 10.8. The van der Waals surface area contributed by atoms with Gasteiger partial charge in [0, 0.05) is 11.8 Å². The maximum atomic E-state index is 10.8. The molecule has 2 heterocycles. The number of carbonyl (C=O) groups is 1. The molecule has 0 bridgehead atoms. The van der Waals surface area contributed by atoms with Crippen molar-refractivity contribution in [2.75, 3.05) is 0 Å². The Hall–Kier alpha value is -2.69. The standard InChI is InChI=1S/C15H13N3O2/c1-10-15(13-6-3-7-16-18(13)17-10)12-5-2-4-11(8-12)9-14(19)20/h2-8H,9H2,1H3,(H,19,20). The molecule has 1 N–H and O–H groups in total. The van der Waals surface area contributed by atoms with E-state index in [2.05, 4.69) is 10.2 Å². The Labute approximate surface area is 115 Å². The normalized spacial score (nSPS) is 10.8. The van der Waals surface area contributed by atoms with E-state index in [0.29, 0.717) is 0 Å². The molecule has 3 aromatic rings. The Morgan fingerprint density at radius 2 is 2.15 bits per heavy atom. The van der Waals surface area contributed by atoms with Crippen molar-refractivity contribution in [3.05, 3.63) is 53.9 Å². The summed E-state index contributed by atoms with van der Waals surface area (Å²) in [7, 11) is 0. The van der Waals surface area contributed by atoms with Crippen LogP contribution in [0, 0.1) is 6.92 Å². The van der Waals surface area contributed by atoms with Gasteiger partial charge in [-0.15, -0.1) is 0 Å². The molecule has 0 amide bonds. The lowest BCUT2D eigenvalue weighted by Gasteiger charge is -2.03. The van der Waals surface area contributed by atoms with Crippen molar-refractivity contribution in [3.8, 4) is 11.1 Å². The van der Waals surface area contributed by atoms with Crippen LogP contribution in [-0.4, -0.2) is 25.9 Å². The van der Waals surface area contributed by atoms with Gasteiger partial charge in [-0.3, -0.25) is 4.79 Å². The minimum absolute atomic E-state index is 0.0182. The zero-order chi connectivity index (χ0) is 14.1. The van der Waals surface area contributed by atoms with Gasteiger partial charge in [0.05, 0.1) is 17.6 Å². The molecule has 0 aliphatic heterocycles. The minimum atomic E-state index is -0.833. The predicted octanol–water partition coefficient (Wildman–Crippen LogP) is 2.33. The van der Waals surface area contributed by atoms with Gasteiger partial charge in [0.1, 0.15) is 0 Å². The first-order chi connectivity index (χ1) is 9.65. The third-order valence-corrected chi connectivity index (χ3v) is 3.17. The molecule has 0 fully saturated rings. The minimum Gasteiger partial charge on any atom is -0.481 e. The van der Waals surface area contributed by atoms with Crippen LogP contribution < -0.4 is 0 Å². The molecule has 0 atom stereocenters. The van der Waals surface area contributed by atoms with E-state index in [0.717, 1.165) is 27.9 Å². The Morgan fingerprint density at radius 3 is 2.95 bits per heavy atom. The summed E-state index contributed by atoms with van der Waals surface area (Å²) in [6.07, 6.45) is 1.70. The van der Waals surface area contributed by atoms with Gasteiger partial charge in [-0.2, -0.15) is 14.8 Å². The summed E-state index contributed by atoms with van der Waals surface area (Å²) in [6, 6.07) is 11.4. The van der Waals surface area contributed by atoms with E-state index in [1.807, 2.05) is 43.3 Å². The quantitative estimate of drug-likeness (QED) is 0.790. The number of hydrogen-bond acceptors (Lipinski definition) is 3. The molecule has 0 saturated carbocycles. The van der Waals surface area contributed by atoms with Crippen molar-refractivity contribution in [1.29, 1.82) is 0 Å². The summed E-state index contributed by atoms with van der Waals surface area (Å²) >= 11 is 0. The monoisotopic (exact) mass is 267 g/mol. The van der Waals surface area contributed by atoms with Crippen LogP contribution in [0.15, 0.2) is 42.6 Å². The number of fused-ring (bicyclic) bond motifs is 1. The average Bonchev–Trinajstić information content (AvgIpc) is 2.74. The van der Waals surface area contributed by atoms with Crippen LogP contribution >= 0.6 is 0 Å². The first-order valence-corrected chi connectivity index (χ1v) is 6.27. The van der Waals surface area contributed by atoms with Gasteiger partial charge in [-0.25, -0.2) is 0 Å². The van der Waals surface area contributed by atoms with Crippen molar-refractivity contribution in [3.63, 3.8) is 0 Å². The van der Waals surface area contributed by atoms with E-state index >= 15 is 0 Å². The van der Waals surface area contributed by atoms with E-state index in [1.54, 1.807) is 10.8 Å². The van der Waals surface area contributed by atoms with Crippen molar-refractivity contribution in [2.45, 2.75) is 13.3 Å². The van der Waals surface area contributed by atoms with Crippen LogP contribution in [0.4, 0.5) is 0 Å². The summed E-state index contributed by atoms with van der Waals surface area (Å²) in [5.41, 5.74) is 4.51. The van der Waals surface area contributed by atoms with Crippen LogP contribution in [0.1, 0.15) is 11.3 Å². The zero-order valence-electron chi connectivity index (χ0n) is 10.9. The Kier molecular flexibility index (Phi) is 2.95. The number of aliphatic carboxylic acids is 1. The molecule has 0 spiro atoms. The number of aromatic nitrogens is 3. The first-order valence-electron chi connectivity index (χ1n) is 6.27. The highest BCUT2D eigenvalue weighted by Gasteiger charge is 2.12. The number of benzene rings is 1. The zero-order valence-corrected chi connectivity index (χ0v) is 10.9. The molecular weight excluding hydrogens is 254 g/mol. The van der Waals surface area contributed by atoms with Gasteiger partial charge in [0.25, 0.3) is 0 Å². The van der Waals surface area contributed by atoms with Gasteiger partial charge < -0.3 is 5.11 Å². The van der Waals surface area contributed by atoms with Crippen LogP contribution in [0.3, 0.4) is 0 Å². The molecule has 100 valence electrons. The second-order valence-corrected chi connectivity index (χ2v) is 4.63. The third kappa shape index (κ3) is 2.14. The molecule has 2 aromatic heterocycles. The second kappa shape index (κ2) is 4.77.